The molecule has 52 valence electrons. The lowest BCUT2D eigenvalue weighted by molar-refractivity contribution is -0.140. The quantitative estimate of drug-likeness (QED) is 0.345. The van der Waals surface area contributed by atoms with Crippen LogP contribution < -0.4 is 0 Å². The number of hydrogen-bond acceptors (Lipinski definition) is 4. The van der Waals surface area contributed by atoms with Crippen LogP contribution in [0.15, 0.2) is 0 Å². The zero-order valence-electron chi connectivity index (χ0n) is 5.43. The molecule has 0 aromatic rings. The summed E-state index contributed by atoms with van der Waals surface area (Å²) in [7, 11) is 0. The molecular weight excluding hydrogens is 138 g/mol. The van der Waals surface area contributed by atoms with Gasteiger partial charge in [0.25, 0.3) is 0 Å². The number of ether oxygens (including phenoxy) is 1. The van der Waals surface area contributed by atoms with Gasteiger partial charge in [0.05, 0.1) is 11.8 Å². The van der Waals surface area contributed by atoms with Crippen molar-refractivity contribution < 1.29 is 9.53 Å². The van der Waals surface area contributed by atoms with E-state index in [0.717, 1.165) is 0 Å². The van der Waals surface area contributed by atoms with Gasteiger partial charge in [0.1, 0.15) is 0 Å². The summed E-state index contributed by atoms with van der Waals surface area (Å²) in [4.78, 5) is 9.82. The number of hydrogen-bond donors (Lipinski definition) is 1. The second-order valence-corrected chi connectivity index (χ2v) is 1.23. The van der Waals surface area contributed by atoms with Crippen molar-refractivity contribution in [3.8, 4) is 0 Å². The second kappa shape index (κ2) is 10.3. The van der Waals surface area contributed by atoms with Gasteiger partial charge in [0, 0.05) is 6.92 Å². The zero-order chi connectivity index (χ0) is 7.70. The maximum atomic E-state index is 9.82. The lowest BCUT2D eigenvalue weighted by Gasteiger charge is -1.89. The summed E-state index contributed by atoms with van der Waals surface area (Å²) in [5.74, 6) is -0.211. The first kappa shape index (κ1) is 11.1. The van der Waals surface area contributed by atoms with Gasteiger partial charge < -0.3 is 4.74 Å². The van der Waals surface area contributed by atoms with E-state index in [1.807, 2.05) is 0 Å². The lowest BCUT2D eigenvalue weighted by Crippen LogP contribution is -1.95. The van der Waals surface area contributed by atoms with Crippen molar-refractivity contribution in [2.75, 3.05) is 6.61 Å². The molecule has 1 N–H and O–H groups in total. The van der Waals surface area contributed by atoms with Crippen molar-refractivity contribution in [1.29, 1.82) is 5.41 Å². The monoisotopic (exact) mass is 147 g/mol. The number of thiocarbonyl (C=S) groups is 1. The molecule has 0 aliphatic rings. The van der Waals surface area contributed by atoms with Crippen molar-refractivity contribution in [3.63, 3.8) is 0 Å². The Morgan fingerprint density at radius 1 is 1.89 bits per heavy atom. The molecule has 0 rings (SSSR count). The fourth-order valence-electron chi connectivity index (χ4n) is 0.203. The molecule has 0 saturated heterocycles. The predicted octanol–water partition coefficient (Wildman–Crippen LogP) is 1.24. The minimum absolute atomic E-state index is 0.211. The van der Waals surface area contributed by atoms with Crippen LogP contribution >= 0.6 is 12.2 Å². The van der Waals surface area contributed by atoms with Gasteiger partial charge in [0.2, 0.25) is 0 Å². The number of rotatable bonds is 1. The van der Waals surface area contributed by atoms with E-state index in [0.29, 0.717) is 6.61 Å². The molecule has 3 nitrogen and oxygen atoms in total. The normalized spacial score (nSPS) is 6.00. The van der Waals surface area contributed by atoms with Gasteiger partial charge >= 0.3 is 5.97 Å². The molecule has 4 heteroatoms. The maximum absolute atomic E-state index is 9.82. The molecule has 0 heterocycles. The summed E-state index contributed by atoms with van der Waals surface area (Å²) in [6.45, 7) is 3.65. The Morgan fingerprint density at radius 2 is 2.22 bits per heavy atom. The molecule has 0 atom stereocenters. The van der Waals surface area contributed by atoms with E-state index in [-0.39, 0.29) is 5.97 Å². The van der Waals surface area contributed by atoms with E-state index < -0.39 is 0 Å². The Morgan fingerprint density at radius 3 is 2.22 bits per heavy atom. The van der Waals surface area contributed by atoms with E-state index in [2.05, 4.69) is 17.0 Å². The molecule has 0 fully saturated rings. The van der Waals surface area contributed by atoms with Crippen molar-refractivity contribution >= 4 is 23.3 Å². The van der Waals surface area contributed by atoms with Crippen LogP contribution in [0.2, 0.25) is 0 Å². The molecule has 0 unspecified atom stereocenters. The number of esters is 1. The van der Waals surface area contributed by atoms with Crippen LogP contribution in [-0.2, 0) is 9.53 Å². The SMILES string of the molecule is CCOC(C)=O.N=C=S. The summed E-state index contributed by atoms with van der Waals surface area (Å²) in [6, 6.07) is 0. The Kier molecular flexibility index (Phi) is 12.7. The van der Waals surface area contributed by atoms with Gasteiger partial charge in [-0.25, -0.2) is 5.41 Å². The summed E-state index contributed by atoms with van der Waals surface area (Å²) < 4.78 is 4.40. The highest BCUT2D eigenvalue weighted by atomic mass is 32.1. The van der Waals surface area contributed by atoms with Crippen LogP contribution in [0.5, 0.6) is 0 Å². The largest absolute Gasteiger partial charge is 0.466 e. The minimum atomic E-state index is -0.211. The molecule has 0 amide bonds. The van der Waals surface area contributed by atoms with Gasteiger partial charge in [-0.2, -0.15) is 0 Å². The van der Waals surface area contributed by atoms with Crippen LogP contribution in [0.25, 0.3) is 0 Å². The van der Waals surface area contributed by atoms with E-state index in [9.17, 15) is 4.79 Å². The van der Waals surface area contributed by atoms with Crippen LogP contribution in [0.4, 0.5) is 0 Å². The van der Waals surface area contributed by atoms with Gasteiger partial charge in [0.15, 0.2) is 0 Å². The average molecular weight is 147 g/mol. The van der Waals surface area contributed by atoms with E-state index in [1.54, 1.807) is 12.1 Å². The van der Waals surface area contributed by atoms with E-state index >= 15 is 0 Å². The molecule has 0 aromatic carbocycles. The molecule has 0 saturated carbocycles. The van der Waals surface area contributed by atoms with Crippen molar-refractivity contribution in [3.05, 3.63) is 0 Å². The van der Waals surface area contributed by atoms with E-state index in [4.69, 9.17) is 5.41 Å². The van der Waals surface area contributed by atoms with Crippen molar-refractivity contribution in [2.45, 2.75) is 13.8 Å². The average Bonchev–Trinajstić information content (AvgIpc) is 1.67. The van der Waals surface area contributed by atoms with Crippen LogP contribution in [-0.4, -0.2) is 17.7 Å². The predicted molar refractivity (Wildman–Crippen MR) is 37.6 cm³/mol. The summed E-state index contributed by atoms with van der Waals surface area (Å²) >= 11 is 3.81. The van der Waals surface area contributed by atoms with Crippen LogP contribution in [0.3, 0.4) is 0 Å². The van der Waals surface area contributed by atoms with Crippen molar-refractivity contribution in [1.82, 2.24) is 0 Å². The van der Waals surface area contributed by atoms with Crippen molar-refractivity contribution in [2.24, 2.45) is 0 Å². The number of carbonyl (C=O) groups is 1. The third-order valence-corrected chi connectivity index (χ3v) is 0.348. The molecule has 0 bridgehead atoms. The minimum Gasteiger partial charge on any atom is -0.466 e. The van der Waals surface area contributed by atoms with Gasteiger partial charge in [-0.1, -0.05) is 0 Å². The first-order valence-corrected chi connectivity index (χ1v) is 2.77. The molecule has 9 heavy (non-hydrogen) atoms. The fraction of sp³-hybridized carbons (Fsp3) is 0.600. The summed E-state index contributed by atoms with van der Waals surface area (Å²) in [6.07, 6.45) is 0. The number of isothiocyanates is 1. The first-order chi connectivity index (χ1) is 4.18. The fourth-order valence-corrected chi connectivity index (χ4v) is 0.203. The van der Waals surface area contributed by atoms with Gasteiger partial charge in [-0.05, 0) is 19.1 Å². The smallest absolute Gasteiger partial charge is 0.302 e. The summed E-state index contributed by atoms with van der Waals surface area (Å²) in [5, 5.41) is 7.36. The standard InChI is InChI=1S/C4H8O2.CHNS/c1-3-6-4(2)5;2-1-3/h3H2,1-2H3;2H. The highest BCUT2D eigenvalue weighted by Gasteiger charge is 1.81. The lowest BCUT2D eigenvalue weighted by atomic mass is 10.8. The Labute approximate surface area is 59.5 Å². The molecular formula is C5H9NO2S. The third kappa shape index (κ3) is 39.2. The summed E-state index contributed by atoms with van der Waals surface area (Å²) in [5.41, 5.74) is 0. The maximum Gasteiger partial charge on any atom is 0.302 e. The highest BCUT2D eigenvalue weighted by Crippen LogP contribution is 1.69. The van der Waals surface area contributed by atoms with Crippen LogP contribution in [0.1, 0.15) is 13.8 Å². The molecule has 0 radical (unpaired) electrons. The van der Waals surface area contributed by atoms with Gasteiger partial charge in [-0.3, -0.25) is 4.79 Å². The molecule has 0 aliphatic carbocycles. The third-order valence-electron chi connectivity index (χ3n) is 0.348. The molecule has 0 spiro atoms. The van der Waals surface area contributed by atoms with Crippen LogP contribution in [0, 0.1) is 5.41 Å². The topological polar surface area (TPSA) is 50.2 Å². The Hall–Kier alpha value is -0.730. The Bertz CT molecular complexity index is 108. The first-order valence-electron chi connectivity index (χ1n) is 2.36. The van der Waals surface area contributed by atoms with E-state index in [1.165, 1.54) is 6.92 Å². The number of carbonyl (C=O) groups excluding carboxylic acids is 1. The number of nitrogens with one attached hydrogen (secondary N) is 1. The highest BCUT2D eigenvalue weighted by molar-refractivity contribution is 7.78. The van der Waals surface area contributed by atoms with Gasteiger partial charge in [-0.15, -0.1) is 0 Å². The second-order valence-electron chi connectivity index (χ2n) is 1.03. The molecule has 0 aliphatic heterocycles. The Balaban J connectivity index is 0. The zero-order valence-corrected chi connectivity index (χ0v) is 6.25. The molecule has 0 aromatic heterocycles.